The molecule has 18 heavy (non-hydrogen) atoms. The fraction of sp³-hybridized carbons (Fsp3) is 0.533. The van der Waals surface area contributed by atoms with Gasteiger partial charge < -0.3 is 10.0 Å². The third kappa shape index (κ3) is 1.46. The third-order valence-electron chi connectivity index (χ3n) is 4.85. The second kappa shape index (κ2) is 3.74. The number of rotatable bonds is 0. The molecule has 0 spiro atoms. The molecule has 3 nitrogen and oxygen atoms in total. The van der Waals surface area contributed by atoms with Crippen LogP contribution in [0.25, 0.3) is 0 Å². The number of likely N-dealkylation sites (N-methyl/N-ethyl adjacent to an activating group) is 1. The molecular weight excluding hydrogens is 226 g/mol. The van der Waals surface area contributed by atoms with Crippen LogP contribution >= 0.6 is 0 Å². The van der Waals surface area contributed by atoms with E-state index in [1.807, 2.05) is 24.1 Å². The van der Waals surface area contributed by atoms with Crippen molar-refractivity contribution in [2.24, 2.45) is 0 Å². The Morgan fingerprint density at radius 3 is 2.94 bits per heavy atom. The van der Waals surface area contributed by atoms with Crippen molar-refractivity contribution < 1.29 is 9.90 Å². The monoisotopic (exact) mass is 245 g/mol. The molecule has 3 heteroatoms. The lowest BCUT2D eigenvalue weighted by atomic mass is 9.63. The van der Waals surface area contributed by atoms with Crippen LogP contribution in [0.2, 0.25) is 0 Å². The predicted octanol–water partition coefficient (Wildman–Crippen LogP) is 2.22. The van der Waals surface area contributed by atoms with Crippen LogP contribution in [0.4, 0.5) is 0 Å². The number of phenols is 1. The molecule has 1 amide bonds. The fourth-order valence-electron chi connectivity index (χ4n) is 3.77. The van der Waals surface area contributed by atoms with Crippen molar-refractivity contribution in [1.82, 2.24) is 4.90 Å². The summed E-state index contributed by atoms with van der Waals surface area (Å²) in [7, 11) is 1.93. The molecule has 1 aliphatic carbocycles. The molecule has 1 aliphatic heterocycles. The normalized spacial score (nSPS) is 30.9. The van der Waals surface area contributed by atoms with E-state index < -0.39 is 0 Å². The van der Waals surface area contributed by atoms with E-state index in [2.05, 4.69) is 6.92 Å². The standard InChI is InChI=1S/C15H19NO2/c1-15-8-7-14(18)16(2)13(15)6-3-10-9-11(17)4-5-12(10)15/h4-5,9,13,17H,3,6-8H2,1-2H3. The van der Waals surface area contributed by atoms with Gasteiger partial charge in [0, 0.05) is 24.9 Å². The first kappa shape index (κ1) is 11.6. The predicted molar refractivity (Wildman–Crippen MR) is 69.6 cm³/mol. The Morgan fingerprint density at radius 1 is 1.39 bits per heavy atom. The van der Waals surface area contributed by atoms with Gasteiger partial charge in [-0.3, -0.25) is 4.79 Å². The van der Waals surface area contributed by atoms with Crippen LogP contribution in [0, 0.1) is 0 Å². The van der Waals surface area contributed by atoms with Crippen molar-refractivity contribution in [2.45, 2.75) is 44.1 Å². The van der Waals surface area contributed by atoms with Gasteiger partial charge in [-0.15, -0.1) is 0 Å². The molecule has 1 saturated heterocycles. The minimum Gasteiger partial charge on any atom is -0.508 e. The molecule has 3 rings (SSSR count). The fourth-order valence-corrected chi connectivity index (χ4v) is 3.77. The summed E-state index contributed by atoms with van der Waals surface area (Å²) in [4.78, 5) is 13.8. The minimum atomic E-state index is 0.0456. The molecular formula is C15H19NO2. The number of amides is 1. The first-order chi connectivity index (χ1) is 8.52. The molecule has 1 fully saturated rings. The highest BCUT2D eigenvalue weighted by Crippen LogP contribution is 2.46. The van der Waals surface area contributed by atoms with Crippen LogP contribution in [0.1, 0.15) is 37.3 Å². The van der Waals surface area contributed by atoms with E-state index in [0.29, 0.717) is 18.2 Å². The minimum absolute atomic E-state index is 0.0456. The summed E-state index contributed by atoms with van der Waals surface area (Å²) < 4.78 is 0. The van der Waals surface area contributed by atoms with Crippen molar-refractivity contribution in [3.8, 4) is 5.75 Å². The first-order valence-electron chi connectivity index (χ1n) is 6.60. The summed E-state index contributed by atoms with van der Waals surface area (Å²) in [5.74, 6) is 0.607. The highest BCUT2D eigenvalue weighted by molar-refractivity contribution is 5.78. The number of phenolic OH excluding ortho intramolecular Hbond substituents is 1. The van der Waals surface area contributed by atoms with Crippen molar-refractivity contribution in [2.75, 3.05) is 7.05 Å². The lowest BCUT2D eigenvalue weighted by molar-refractivity contribution is -0.138. The van der Waals surface area contributed by atoms with Crippen LogP contribution in [-0.2, 0) is 16.6 Å². The highest BCUT2D eigenvalue weighted by Gasteiger charge is 2.46. The number of aromatic hydroxyl groups is 1. The number of fused-ring (bicyclic) bond motifs is 3. The Balaban J connectivity index is 2.09. The zero-order valence-corrected chi connectivity index (χ0v) is 10.9. The Kier molecular flexibility index (Phi) is 2.40. The molecule has 0 bridgehead atoms. The SMILES string of the molecule is CN1C(=O)CCC2(C)c3ccc(O)cc3CCC12. The molecule has 1 heterocycles. The van der Waals surface area contributed by atoms with Gasteiger partial charge in [-0.25, -0.2) is 0 Å². The van der Waals surface area contributed by atoms with Crippen LogP contribution in [0.3, 0.4) is 0 Å². The van der Waals surface area contributed by atoms with Gasteiger partial charge in [-0.1, -0.05) is 13.0 Å². The van der Waals surface area contributed by atoms with Gasteiger partial charge in [-0.2, -0.15) is 0 Å². The van der Waals surface area contributed by atoms with Crippen molar-refractivity contribution in [1.29, 1.82) is 0 Å². The lowest BCUT2D eigenvalue weighted by Gasteiger charge is -2.50. The molecule has 2 atom stereocenters. The number of likely N-dealkylation sites (tertiary alicyclic amines) is 1. The molecule has 0 radical (unpaired) electrons. The van der Waals surface area contributed by atoms with Gasteiger partial charge in [0.15, 0.2) is 0 Å². The van der Waals surface area contributed by atoms with Gasteiger partial charge in [0.1, 0.15) is 5.75 Å². The summed E-state index contributed by atoms with van der Waals surface area (Å²) >= 11 is 0. The quantitative estimate of drug-likeness (QED) is 0.761. The summed E-state index contributed by atoms with van der Waals surface area (Å²) in [6.45, 7) is 2.26. The van der Waals surface area contributed by atoms with Gasteiger partial charge in [0.2, 0.25) is 5.91 Å². The molecule has 1 N–H and O–H groups in total. The molecule has 0 aromatic heterocycles. The smallest absolute Gasteiger partial charge is 0.222 e. The number of hydrogen-bond donors (Lipinski definition) is 1. The number of benzene rings is 1. The topological polar surface area (TPSA) is 40.5 Å². The molecule has 1 aromatic rings. The molecule has 1 aromatic carbocycles. The van der Waals surface area contributed by atoms with E-state index in [4.69, 9.17) is 0 Å². The van der Waals surface area contributed by atoms with Gasteiger partial charge in [-0.05, 0) is 42.5 Å². The number of piperidine rings is 1. The second-order valence-electron chi connectivity index (χ2n) is 5.82. The number of aryl methyl sites for hydroxylation is 1. The Bertz CT molecular complexity index is 511. The van der Waals surface area contributed by atoms with E-state index in [1.165, 1.54) is 11.1 Å². The zero-order chi connectivity index (χ0) is 12.9. The average Bonchev–Trinajstić information content (AvgIpc) is 2.34. The second-order valence-corrected chi connectivity index (χ2v) is 5.82. The summed E-state index contributed by atoms with van der Waals surface area (Å²) in [5, 5.41) is 9.60. The van der Waals surface area contributed by atoms with E-state index in [0.717, 1.165) is 19.3 Å². The van der Waals surface area contributed by atoms with Crippen LogP contribution < -0.4 is 0 Å². The van der Waals surface area contributed by atoms with Crippen molar-refractivity contribution in [3.63, 3.8) is 0 Å². The summed E-state index contributed by atoms with van der Waals surface area (Å²) in [6, 6.07) is 5.99. The van der Waals surface area contributed by atoms with Gasteiger partial charge in [0.05, 0.1) is 0 Å². The average molecular weight is 245 g/mol. The number of hydrogen-bond acceptors (Lipinski definition) is 2. The number of carbonyl (C=O) groups excluding carboxylic acids is 1. The van der Waals surface area contributed by atoms with E-state index in [1.54, 1.807) is 6.07 Å². The molecule has 2 aliphatic rings. The van der Waals surface area contributed by atoms with Crippen molar-refractivity contribution in [3.05, 3.63) is 29.3 Å². The third-order valence-corrected chi connectivity index (χ3v) is 4.85. The summed E-state index contributed by atoms with van der Waals surface area (Å²) in [5.41, 5.74) is 2.61. The van der Waals surface area contributed by atoms with Crippen LogP contribution in [0.5, 0.6) is 5.75 Å². The summed E-state index contributed by atoms with van der Waals surface area (Å²) in [6.07, 6.45) is 3.49. The Morgan fingerprint density at radius 2 is 2.17 bits per heavy atom. The largest absolute Gasteiger partial charge is 0.508 e. The number of carbonyl (C=O) groups is 1. The maximum Gasteiger partial charge on any atom is 0.222 e. The molecule has 0 saturated carbocycles. The van der Waals surface area contributed by atoms with E-state index in [9.17, 15) is 9.90 Å². The Labute approximate surface area is 107 Å². The van der Waals surface area contributed by atoms with Crippen LogP contribution in [0.15, 0.2) is 18.2 Å². The molecule has 96 valence electrons. The van der Waals surface area contributed by atoms with Gasteiger partial charge >= 0.3 is 0 Å². The number of nitrogens with zero attached hydrogens (tertiary/aromatic N) is 1. The Hall–Kier alpha value is -1.51. The van der Waals surface area contributed by atoms with Gasteiger partial charge in [0.25, 0.3) is 0 Å². The molecule has 2 unspecified atom stereocenters. The van der Waals surface area contributed by atoms with E-state index >= 15 is 0 Å². The van der Waals surface area contributed by atoms with Crippen molar-refractivity contribution >= 4 is 5.91 Å². The first-order valence-corrected chi connectivity index (χ1v) is 6.60. The lowest BCUT2D eigenvalue weighted by Crippen LogP contribution is -2.56. The zero-order valence-electron chi connectivity index (χ0n) is 10.9. The van der Waals surface area contributed by atoms with E-state index in [-0.39, 0.29) is 11.3 Å². The maximum absolute atomic E-state index is 11.8. The maximum atomic E-state index is 11.8. The highest BCUT2D eigenvalue weighted by atomic mass is 16.3. The van der Waals surface area contributed by atoms with Crippen LogP contribution in [-0.4, -0.2) is 29.0 Å².